The van der Waals surface area contributed by atoms with Crippen LogP contribution in [0, 0.1) is 0 Å². The molecule has 1 rings (SSSR count). The van der Waals surface area contributed by atoms with Gasteiger partial charge in [-0.05, 0) is 11.1 Å². The highest BCUT2D eigenvalue weighted by Crippen LogP contribution is 2.21. The Morgan fingerprint density at radius 3 is 2.50 bits per heavy atom. The lowest BCUT2D eigenvalue weighted by molar-refractivity contribution is 0.0987. The topological polar surface area (TPSA) is 17.1 Å². The number of hydrogen-bond acceptors (Lipinski definition) is 1. The van der Waals surface area contributed by atoms with E-state index in [1.165, 1.54) is 5.56 Å². The predicted octanol–water partition coefficient (Wildman–Crippen LogP) is 4.07. The van der Waals surface area contributed by atoms with Gasteiger partial charge in [0, 0.05) is 22.6 Å². The van der Waals surface area contributed by atoms with Crippen LogP contribution in [0.3, 0.4) is 0 Å². The van der Waals surface area contributed by atoms with Crippen molar-refractivity contribution in [3.63, 3.8) is 0 Å². The first-order chi connectivity index (χ1) is 6.74. The molecule has 0 radical (unpaired) electrons. The molecule has 76 valence electrons. The minimum Gasteiger partial charge on any atom is -0.294 e. The van der Waals surface area contributed by atoms with Crippen LogP contribution in [0.5, 0.6) is 0 Å². The maximum absolute atomic E-state index is 11.6. The first-order valence-corrected chi connectivity index (χ1v) is 6.74. The van der Waals surface area contributed by atoms with E-state index in [9.17, 15) is 4.79 Å². The van der Waals surface area contributed by atoms with E-state index >= 15 is 0 Å². The Morgan fingerprint density at radius 2 is 2.00 bits per heavy atom. The zero-order valence-corrected chi connectivity index (χ0v) is 11.2. The molecule has 1 aromatic rings. The van der Waals surface area contributed by atoms with Gasteiger partial charge in [0.25, 0.3) is 0 Å². The number of benzene rings is 1. The van der Waals surface area contributed by atoms with Crippen LogP contribution in [-0.4, -0.2) is 5.78 Å². The van der Waals surface area contributed by atoms with E-state index in [4.69, 9.17) is 0 Å². The van der Waals surface area contributed by atoms with Crippen molar-refractivity contribution >= 4 is 37.6 Å². The number of hydrogen-bond donors (Lipinski definition) is 0. The quantitative estimate of drug-likeness (QED) is 0.604. The SMILES string of the molecule is CCC(=O)c1cccc(CBr)c1CBr. The Balaban J connectivity index is 3.21. The molecule has 0 unspecified atom stereocenters. The van der Waals surface area contributed by atoms with Crippen molar-refractivity contribution < 1.29 is 4.79 Å². The average molecular weight is 320 g/mol. The van der Waals surface area contributed by atoms with Crippen LogP contribution in [0.15, 0.2) is 18.2 Å². The largest absolute Gasteiger partial charge is 0.294 e. The Morgan fingerprint density at radius 1 is 1.29 bits per heavy atom. The van der Waals surface area contributed by atoms with E-state index in [0.717, 1.165) is 21.8 Å². The molecule has 1 nitrogen and oxygen atoms in total. The van der Waals surface area contributed by atoms with Crippen molar-refractivity contribution in [2.45, 2.75) is 24.0 Å². The fourth-order valence-corrected chi connectivity index (χ4v) is 2.56. The molecule has 3 heteroatoms. The third-order valence-electron chi connectivity index (χ3n) is 2.17. The molecule has 0 aromatic heterocycles. The van der Waals surface area contributed by atoms with Gasteiger partial charge in [-0.1, -0.05) is 57.0 Å². The second-order valence-corrected chi connectivity index (χ2v) is 4.11. The van der Waals surface area contributed by atoms with Gasteiger partial charge in [0.1, 0.15) is 0 Å². The fraction of sp³-hybridized carbons (Fsp3) is 0.364. The molecular formula is C11H12Br2O. The molecule has 0 fully saturated rings. The third-order valence-corrected chi connectivity index (χ3v) is 3.34. The summed E-state index contributed by atoms with van der Waals surface area (Å²) in [4.78, 5) is 11.6. The maximum atomic E-state index is 11.6. The summed E-state index contributed by atoms with van der Waals surface area (Å²) in [6.45, 7) is 1.89. The first-order valence-electron chi connectivity index (χ1n) is 4.50. The van der Waals surface area contributed by atoms with Crippen molar-refractivity contribution in [3.05, 3.63) is 34.9 Å². The molecule has 14 heavy (non-hydrogen) atoms. The van der Waals surface area contributed by atoms with Gasteiger partial charge in [0.05, 0.1) is 0 Å². The van der Waals surface area contributed by atoms with Crippen LogP contribution in [0.2, 0.25) is 0 Å². The highest BCUT2D eigenvalue weighted by Gasteiger charge is 2.11. The number of ketones is 1. The van der Waals surface area contributed by atoms with Crippen molar-refractivity contribution in [1.82, 2.24) is 0 Å². The molecule has 0 heterocycles. The van der Waals surface area contributed by atoms with E-state index in [0.29, 0.717) is 6.42 Å². The van der Waals surface area contributed by atoms with Crippen molar-refractivity contribution in [3.8, 4) is 0 Å². The standard InChI is InChI=1S/C11H12Br2O/c1-2-11(14)9-5-3-4-8(6-12)10(9)7-13/h3-5H,2,6-7H2,1H3. The lowest BCUT2D eigenvalue weighted by atomic mass is 9.99. The van der Waals surface area contributed by atoms with Gasteiger partial charge in [-0.3, -0.25) is 4.79 Å². The zero-order chi connectivity index (χ0) is 10.6. The highest BCUT2D eigenvalue weighted by molar-refractivity contribution is 9.09. The summed E-state index contributed by atoms with van der Waals surface area (Å²) in [5.41, 5.74) is 3.14. The average Bonchev–Trinajstić information content (AvgIpc) is 2.26. The van der Waals surface area contributed by atoms with Gasteiger partial charge >= 0.3 is 0 Å². The maximum Gasteiger partial charge on any atom is 0.162 e. The molecule has 0 aliphatic heterocycles. The van der Waals surface area contributed by atoms with Gasteiger partial charge in [-0.2, -0.15) is 0 Å². The first kappa shape index (κ1) is 11.9. The van der Waals surface area contributed by atoms with E-state index < -0.39 is 0 Å². The Kier molecular flexibility index (Phi) is 4.82. The fourth-order valence-electron chi connectivity index (χ4n) is 1.37. The summed E-state index contributed by atoms with van der Waals surface area (Å²) in [5, 5.41) is 1.52. The Labute approximate surface area is 101 Å². The second-order valence-electron chi connectivity index (χ2n) is 2.99. The summed E-state index contributed by atoms with van der Waals surface area (Å²) in [5.74, 6) is 0.210. The van der Waals surface area contributed by atoms with Crippen LogP contribution in [0.4, 0.5) is 0 Å². The van der Waals surface area contributed by atoms with Crippen LogP contribution in [0.25, 0.3) is 0 Å². The zero-order valence-electron chi connectivity index (χ0n) is 8.02. The Bertz CT molecular complexity index is 334. The number of Topliss-reactive ketones (excluding diaryl/α,β-unsaturated/α-hetero) is 1. The molecule has 0 N–H and O–H groups in total. The molecule has 0 spiro atoms. The number of carbonyl (C=O) groups excluding carboxylic acids is 1. The number of rotatable bonds is 4. The molecule has 0 aliphatic carbocycles. The van der Waals surface area contributed by atoms with Crippen molar-refractivity contribution in [1.29, 1.82) is 0 Å². The molecule has 0 saturated heterocycles. The second kappa shape index (κ2) is 5.66. The molecule has 1 aromatic carbocycles. The molecule has 0 aliphatic rings. The van der Waals surface area contributed by atoms with E-state index in [2.05, 4.69) is 31.9 Å². The minimum absolute atomic E-state index is 0.210. The van der Waals surface area contributed by atoms with E-state index in [-0.39, 0.29) is 5.78 Å². The molecule has 0 atom stereocenters. The normalized spacial score (nSPS) is 10.2. The van der Waals surface area contributed by atoms with Crippen LogP contribution in [0.1, 0.15) is 34.8 Å². The smallest absolute Gasteiger partial charge is 0.162 e. The highest BCUT2D eigenvalue weighted by atomic mass is 79.9. The van der Waals surface area contributed by atoms with Crippen molar-refractivity contribution in [2.75, 3.05) is 0 Å². The van der Waals surface area contributed by atoms with E-state index in [1.807, 2.05) is 25.1 Å². The van der Waals surface area contributed by atoms with Crippen LogP contribution in [-0.2, 0) is 10.7 Å². The summed E-state index contributed by atoms with van der Waals surface area (Å²) < 4.78 is 0. The minimum atomic E-state index is 0.210. The molecule has 0 bridgehead atoms. The Hall–Kier alpha value is -0.150. The van der Waals surface area contributed by atoms with E-state index in [1.54, 1.807) is 0 Å². The molecule has 0 saturated carbocycles. The monoisotopic (exact) mass is 318 g/mol. The van der Waals surface area contributed by atoms with Gasteiger partial charge in [0.2, 0.25) is 0 Å². The number of halogens is 2. The molecule has 0 amide bonds. The lowest BCUT2D eigenvalue weighted by Crippen LogP contribution is -2.03. The van der Waals surface area contributed by atoms with Gasteiger partial charge in [0.15, 0.2) is 5.78 Å². The van der Waals surface area contributed by atoms with Crippen molar-refractivity contribution in [2.24, 2.45) is 0 Å². The molecular weight excluding hydrogens is 308 g/mol. The number of alkyl halides is 2. The number of carbonyl (C=O) groups is 1. The predicted molar refractivity (Wildman–Crippen MR) is 66.3 cm³/mol. The summed E-state index contributed by atoms with van der Waals surface area (Å²) >= 11 is 6.85. The summed E-state index contributed by atoms with van der Waals surface area (Å²) in [6.07, 6.45) is 0.561. The van der Waals surface area contributed by atoms with Gasteiger partial charge in [-0.25, -0.2) is 0 Å². The third kappa shape index (κ3) is 2.45. The summed E-state index contributed by atoms with van der Waals surface area (Å²) in [7, 11) is 0. The van der Waals surface area contributed by atoms with Gasteiger partial charge < -0.3 is 0 Å². The lowest BCUT2D eigenvalue weighted by Gasteiger charge is -2.09. The van der Waals surface area contributed by atoms with Gasteiger partial charge in [-0.15, -0.1) is 0 Å². The summed E-state index contributed by atoms with van der Waals surface area (Å²) in [6, 6.07) is 5.87. The van der Waals surface area contributed by atoms with Crippen LogP contribution < -0.4 is 0 Å². The van der Waals surface area contributed by atoms with Crippen LogP contribution >= 0.6 is 31.9 Å².